The number of hydrogen-bond donors (Lipinski definition) is 2. The number of halogens is 3. The van der Waals surface area contributed by atoms with E-state index >= 15 is 0 Å². The minimum atomic E-state index is 0. The van der Waals surface area contributed by atoms with Gasteiger partial charge in [0.1, 0.15) is 0 Å². The number of amides is 1. The van der Waals surface area contributed by atoms with Crippen LogP contribution in [0.15, 0.2) is 18.2 Å². The minimum Gasteiger partial charge on any atom is -0.355 e. The molecule has 0 radical (unpaired) electrons. The van der Waals surface area contributed by atoms with Crippen LogP contribution >= 0.6 is 35.6 Å². The van der Waals surface area contributed by atoms with Gasteiger partial charge in [0.15, 0.2) is 0 Å². The van der Waals surface area contributed by atoms with E-state index in [9.17, 15) is 4.79 Å². The SMILES string of the molecule is CC(CNC(=O)C1CNC1)c1c(Cl)cccc1Cl.Cl. The zero-order valence-corrected chi connectivity index (χ0v) is 12.9. The summed E-state index contributed by atoms with van der Waals surface area (Å²) in [5.74, 6) is 0.311. The highest BCUT2D eigenvalue weighted by Gasteiger charge is 2.25. The van der Waals surface area contributed by atoms with Crippen LogP contribution in [0.5, 0.6) is 0 Å². The fourth-order valence-corrected chi connectivity index (χ4v) is 2.73. The second-order valence-electron chi connectivity index (χ2n) is 4.64. The molecule has 1 aromatic carbocycles. The molecule has 0 aromatic heterocycles. The summed E-state index contributed by atoms with van der Waals surface area (Å²) in [6, 6.07) is 5.45. The van der Waals surface area contributed by atoms with Gasteiger partial charge in [0.25, 0.3) is 0 Å². The summed E-state index contributed by atoms with van der Waals surface area (Å²) in [5, 5.41) is 7.31. The number of benzene rings is 1. The van der Waals surface area contributed by atoms with Crippen LogP contribution in [-0.2, 0) is 4.79 Å². The molecule has 2 N–H and O–H groups in total. The van der Waals surface area contributed by atoms with E-state index in [4.69, 9.17) is 23.2 Å². The van der Waals surface area contributed by atoms with Gasteiger partial charge in [-0.25, -0.2) is 0 Å². The highest BCUT2D eigenvalue weighted by molar-refractivity contribution is 6.36. The monoisotopic (exact) mass is 322 g/mol. The van der Waals surface area contributed by atoms with Gasteiger partial charge < -0.3 is 10.6 Å². The molecular formula is C13H17Cl3N2O. The van der Waals surface area contributed by atoms with Crippen molar-refractivity contribution in [2.75, 3.05) is 19.6 Å². The zero-order chi connectivity index (χ0) is 13.1. The van der Waals surface area contributed by atoms with Gasteiger partial charge in [-0.2, -0.15) is 0 Å². The Labute approximate surface area is 129 Å². The predicted molar refractivity (Wildman–Crippen MR) is 81.5 cm³/mol. The highest BCUT2D eigenvalue weighted by Crippen LogP contribution is 2.30. The Morgan fingerprint density at radius 1 is 1.42 bits per heavy atom. The van der Waals surface area contributed by atoms with Gasteiger partial charge in [-0.3, -0.25) is 4.79 Å². The fraction of sp³-hybridized carbons (Fsp3) is 0.462. The molecule has 1 amide bonds. The summed E-state index contributed by atoms with van der Waals surface area (Å²) in [6.07, 6.45) is 0. The van der Waals surface area contributed by atoms with Crippen molar-refractivity contribution in [1.29, 1.82) is 0 Å². The lowest BCUT2D eigenvalue weighted by atomic mass is 9.99. The maximum absolute atomic E-state index is 11.7. The Balaban J connectivity index is 0.00000180. The van der Waals surface area contributed by atoms with Crippen molar-refractivity contribution in [2.45, 2.75) is 12.8 Å². The lowest BCUT2D eigenvalue weighted by Gasteiger charge is -2.26. The Morgan fingerprint density at radius 3 is 2.47 bits per heavy atom. The second kappa shape index (κ2) is 7.34. The van der Waals surface area contributed by atoms with E-state index < -0.39 is 0 Å². The first kappa shape index (κ1) is 16.6. The average molecular weight is 324 g/mol. The number of carbonyl (C=O) groups excluding carboxylic acids is 1. The van der Waals surface area contributed by atoms with Crippen molar-refractivity contribution in [3.8, 4) is 0 Å². The molecule has 1 aromatic rings. The molecule has 19 heavy (non-hydrogen) atoms. The van der Waals surface area contributed by atoms with Crippen LogP contribution in [0.2, 0.25) is 10.0 Å². The first-order valence-corrected chi connectivity index (χ1v) is 6.77. The van der Waals surface area contributed by atoms with Gasteiger partial charge in [0.05, 0.1) is 5.92 Å². The standard InChI is InChI=1S/C13H16Cl2N2O.ClH/c1-8(5-17-13(18)9-6-16-7-9)12-10(14)3-2-4-11(12)15;/h2-4,8-9,16H,5-7H2,1H3,(H,17,18);1H. The van der Waals surface area contributed by atoms with Crippen molar-refractivity contribution in [2.24, 2.45) is 5.92 Å². The van der Waals surface area contributed by atoms with Crippen molar-refractivity contribution < 1.29 is 4.79 Å². The Morgan fingerprint density at radius 2 is 2.00 bits per heavy atom. The molecule has 1 aliphatic heterocycles. The van der Waals surface area contributed by atoms with E-state index in [0.717, 1.165) is 18.7 Å². The molecule has 6 heteroatoms. The summed E-state index contributed by atoms with van der Waals surface area (Å²) in [5.41, 5.74) is 0.896. The van der Waals surface area contributed by atoms with E-state index in [0.29, 0.717) is 16.6 Å². The number of hydrogen-bond acceptors (Lipinski definition) is 2. The number of carbonyl (C=O) groups is 1. The molecule has 2 rings (SSSR count). The van der Waals surface area contributed by atoms with Crippen molar-refractivity contribution in [3.63, 3.8) is 0 Å². The van der Waals surface area contributed by atoms with Crippen LogP contribution in [0, 0.1) is 5.92 Å². The maximum Gasteiger partial charge on any atom is 0.225 e. The molecule has 1 aliphatic rings. The Hall–Kier alpha value is -0.480. The largest absolute Gasteiger partial charge is 0.355 e. The lowest BCUT2D eigenvalue weighted by molar-refractivity contribution is -0.126. The van der Waals surface area contributed by atoms with Crippen LogP contribution in [0.1, 0.15) is 18.4 Å². The molecule has 1 fully saturated rings. The predicted octanol–water partition coefficient (Wildman–Crippen LogP) is 2.85. The third-order valence-electron chi connectivity index (χ3n) is 3.23. The first-order valence-electron chi connectivity index (χ1n) is 6.02. The molecule has 1 heterocycles. The molecule has 0 aliphatic carbocycles. The van der Waals surface area contributed by atoms with Gasteiger partial charge >= 0.3 is 0 Å². The van der Waals surface area contributed by atoms with Crippen LogP contribution < -0.4 is 10.6 Å². The molecule has 3 nitrogen and oxygen atoms in total. The molecule has 1 saturated heterocycles. The average Bonchev–Trinajstić information content (AvgIpc) is 2.23. The van der Waals surface area contributed by atoms with E-state index in [1.807, 2.05) is 25.1 Å². The van der Waals surface area contributed by atoms with Gasteiger partial charge in [0.2, 0.25) is 5.91 Å². The molecule has 0 saturated carbocycles. The van der Waals surface area contributed by atoms with Gasteiger partial charge in [-0.05, 0) is 17.7 Å². The molecule has 1 atom stereocenters. The van der Waals surface area contributed by atoms with Crippen molar-refractivity contribution in [1.82, 2.24) is 10.6 Å². The van der Waals surface area contributed by atoms with Crippen LogP contribution in [0.25, 0.3) is 0 Å². The first-order chi connectivity index (χ1) is 8.59. The summed E-state index contributed by atoms with van der Waals surface area (Å²) >= 11 is 12.3. The molecule has 106 valence electrons. The second-order valence-corrected chi connectivity index (χ2v) is 5.45. The Kier molecular flexibility index (Phi) is 6.40. The van der Waals surface area contributed by atoms with Gasteiger partial charge in [0, 0.05) is 35.6 Å². The zero-order valence-electron chi connectivity index (χ0n) is 10.6. The van der Waals surface area contributed by atoms with Crippen molar-refractivity contribution in [3.05, 3.63) is 33.8 Å². The topological polar surface area (TPSA) is 41.1 Å². The number of nitrogens with one attached hydrogen (secondary N) is 2. The van der Waals surface area contributed by atoms with Crippen LogP contribution in [0.4, 0.5) is 0 Å². The minimum absolute atomic E-state index is 0. The van der Waals surface area contributed by atoms with E-state index in [1.165, 1.54) is 0 Å². The Bertz CT molecular complexity index is 429. The smallest absolute Gasteiger partial charge is 0.225 e. The molecule has 0 spiro atoms. The van der Waals surface area contributed by atoms with Crippen molar-refractivity contribution >= 4 is 41.5 Å². The van der Waals surface area contributed by atoms with Gasteiger partial charge in [-0.15, -0.1) is 12.4 Å². The fourth-order valence-electron chi connectivity index (χ4n) is 1.96. The van der Waals surface area contributed by atoms with E-state index in [1.54, 1.807) is 0 Å². The quantitative estimate of drug-likeness (QED) is 0.894. The normalized spacial score (nSPS) is 16.2. The van der Waals surface area contributed by atoms with Gasteiger partial charge in [-0.1, -0.05) is 36.2 Å². The van der Waals surface area contributed by atoms with Crippen LogP contribution in [0.3, 0.4) is 0 Å². The molecular weight excluding hydrogens is 307 g/mol. The lowest BCUT2D eigenvalue weighted by Crippen LogP contribution is -2.51. The summed E-state index contributed by atoms with van der Waals surface area (Å²) in [6.45, 7) is 4.10. The third kappa shape index (κ3) is 3.99. The summed E-state index contributed by atoms with van der Waals surface area (Å²) in [7, 11) is 0. The number of rotatable bonds is 4. The molecule has 1 unspecified atom stereocenters. The summed E-state index contributed by atoms with van der Waals surface area (Å²) in [4.78, 5) is 11.7. The highest BCUT2D eigenvalue weighted by atomic mass is 35.5. The van der Waals surface area contributed by atoms with E-state index in [-0.39, 0.29) is 30.2 Å². The maximum atomic E-state index is 11.7. The third-order valence-corrected chi connectivity index (χ3v) is 3.89. The van der Waals surface area contributed by atoms with Crippen LogP contribution in [-0.4, -0.2) is 25.5 Å². The van der Waals surface area contributed by atoms with E-state index in [2.05, 4.69) is 10.6 Å². The molecule has 0 bridgehead atoms. The summed E-state index contributed by atoms with van der Waals surface area (Å²) < 4.78 is 0.